The van der Waals surface area contributed by atoms with E-state index in [1.54, 1.807) is 31.2 Å². The van der Waals surface area contributed by atoms with Crippen LogP contribution in [0.3, 0.4) is 0 Å². The number of hydrogen-bond acceptors (Lipinski definition) is 9. The second kappa shape index (κ2) is 24.6. The molecule has 14 heteroatoms. The number of carbonyl (C=O) groups is 4. The van der Waals surface area contributed by atoms with E-state index in [2.05, 4.69) is 31.6 Å². The standard InChI is InChI=1S/C31H55N9O5/c1-23(32)37-19-8-12-25(33)30(43)38-20-10-17-36-16-9-15-35-14-6-3-7-18-39-31(44)26(22-28(34)41)40-29(42)21-24-11-4-5-13-27(24)45-2/h4-5,11,13,25-26,35-36H,3,6-10,12,14-22,33H2,1-2H3,(H2,32,37)(H2,34,41)(H,38,43)(H,39,44)(H,40,42). The van der Waals surface area contributed by atoms with Crippen molar-refractivity contribution in [1.82, 2.24) is 26.6 Å². The van der Waals surface area contributed by atoms with Crippen molar-refractivity contribution in [3.05, 3.63) is 29.8 Å². The smallest absolute Gasteiger partial charge is 0.243 e. The van der Waals surface area contributed by atoms with Crippen molar-refractivity contribution < 1.29 is 23.9 Å². The molecule has 0 saturated carbocycles. The van der Waals surface area contributed by atoms with E-state index < -0.39 is 29.8 Å². The number of unbranched alkanes of at least 4 members (excludes halogenated alkanes) is 2. The molecular formula is C31H55N9O5. The van der Waals surface area contributed by atoms with E-state index in [9.17, 15) is 19.2 Å². The Hall–Kier alpha value is -3.75. The van der Waals surface area contributed by atoms with Gasteiger partial charge in [0.25, 0.3) is 0 Å². The number of amides is 4. The third kappa shape index (κ3) is 20.0. The number of nitrogens with zero attached hydrogens (tertiary/aromatic N) is 1. The van der Waals surface area contributed by atoms with Crippen LogP contribution in [0.1, 0.15) is 63.9 Å². The molecule has 0 radical (unpaired) electrons. The molecule has 11 N–H and O–H groups in total. The van der Waals surface area contributed by atoms with Gasteiger partial charge in [-0.3, -0.25) is 24.2 Å². The number of nitrogens with two attached hydrogens (primary N) is 3. The number of ether oxygens (including phenoxy) is 1. The molecule has 14 nitrogen and oxygen atoms in total. The van der Waals surface area contributed by atoms with Crippen molar-refractivity contribution in [3.8, 4) is 5.75 Å². The van der Waals surface area contributed by atoms with Gasteiger partial charge in [-0.25, -0.2) is 0 Å². The van der Waals surface area contributed by atoms with Crippen LogP contribution >= 0.6 is 0 Å². The average molecular weight is 634 g/mol. The first-order valence-electron chi connectivity index (χ1n) is 15.8. The zero-order valence-electron chi connectivity index (χ0n) is 27.0. The van der Waals surface area contributed by atoms with Gasteiger partial charge in [-0.1, -0.05) is 24.6 Å². The zero-order valence-corrected chi connectivity index (χ0v) is 27.0. The van der Waals surface area contributed by atoms with Gasteiger partial charge in [0, 0.05) is 25.2 Å². The Morgan fingerprint density at radius 2 is 1.42 bits per heavy atom. The summed E-state index contributed by atoms with van der Waals surface area (Å²) in [5, 5.41) is 15.1. The Labute approximate surface area is 267 Å². The number of rotatable bonds is 26. The highest BCUT2D eigenvalue weighted by molar-refractivity contribution is 5.92. The molecule has 0 aromatic heterocycles. The van der Waals surface area contributed by atoms with Gasteiger partial charge < -0.3 is 48.5 Å². The molecule has 1 aromatic rings. The molecule has 0 fully saturated rings. The van der Waals surface area contributed by atoms with Gasteiger partial charge in [-0.05, 0) is 77.7 Å². The van der Waals surface area contributed by atoms with Gasteiger partial charge in [0.1, 0.15) is 11.8 Å². The number of methoxy groups -OCH3 is 1. The molecule has 45 heavy (non-hydrogen) atoms. The van der Waals surface area contributed by atoms with Crippen LogP contribution in [0.5, 0.6) is 5.75 Å². The van der Waals surface area contributed by atoms with Crippen LogP contribution in [0.2, 0.25) is 0 Å². The summed E-state index contributed by atoms with van der Waals surface area (Å²) in [5.74, 6) is -0.527. The molecule has 1 rings (SSSR count). The minimum absolute atomic E-state index is 0.0124. The molecule has 1 aromatic carbocycles. The summed E-state index contributed by atoms with van der Waals surface area (Å²) < 4.78 is 5.26. The van der Waals surface area contributed by atoms with E-state index in [0.717, 1.165) is 64.7 Å². The highest BCUT2D eigenvalue weighted by atomic mass is 16.5. The Balaban J connectivity index is 2.06. The number of carbonyl (C=O) groups excluding carboxylic acids is 4. The largest absolute Gasteiger partial charge is 0.496 e. The summed E-state index contributed by atoms with van der Waals surface area (Å²) in [6.45, 7) is 6.82. The lowest BCUT2D eigenvalue weighted by atomic mass is 10.1. The number of benzene rings is 1. The van der Waals surface area contributed by atoms with Gasteiger partial charge in [-0.15, -0.1) is 0 Å². The SMILES string of the molecule is COc1ccccc1CC(=O)NC(CC(N)=O)C(=O)NCCCCCNCCCNCCCNC(=O)C(N)CCCN=C(C)N. The fourth-order valence-electron chi connectivity index (χ4n) is 4.41. The van der Waals surface area contributed by atoms with E-state index in [0.29, 0.717) is 43.2 Å². The summed E-state index contributed by atoms with van der Waals surface area (Å²) in [4.78, 5) is 52.7. The van der Waals surface area contributed by atoms with Gasteiger partial charge in [-0.2, -0.15) is 0 Å². The van der Waals surface area contributed by atoms with Crippen molar-refractivity contribution in [3.63, 3.8) is 0 Å². The number of para-hydroxylation sites is 1. The van der Waals surface area contributed by atoms with Crippen LogP contribution in [0, 0.1) is 0 Å². The first-order valence-corrected chi connectivity index (χ1v) is 15.8. The normalized spacial score (nSPS) is 12.6. The fourth-order valence-corrected chi connectivity index (χ4v) is 4.41. The monoisotopic (exact) mass is 633 g/mol. The summed E-state index contributed by atoms with van der Waals surface area (Å²) in [5.41, 5.74) is 17.4. The molecule has 4 amide bonds. The van der Waals surface area contributed by atoms with Crippen LogP contribution in [0.15, 0.2) is 29.3 Å². The molecule has 2 unspecified atom stereocenters. The maximum absolute atomic E-state index is 12.6. The Kier molecular flexibility index (Phi) is 21.4. The quantitative estimate of drug-likeness (QED) is 0.0371. The zero-order chi connectivity index (χ0) is 33.3. The van der Waals surface area contributed by atoms with E-state index >= 15 is 0 Å². The minimum Gasteiger partial charge on any atom is -0.496 e. The summed E-state index contributed by atoms with van der Waals surface area (Å²) in [7, 11) is 1.52. The van der Waals surface area contributed by atoms with Gasteiger partial charge >= 0.3 is 0 Å². The molecule has 0 spiro atoms. The predicted octanol–water partition coefficient (Wildman–Crippen LogP) is -0.555. The lowest BCUT2D eigenvalue weighted by Gasteiger charge is -2.18. The number of amidine groups is 1. The summed E-state index contributed by atoms with van der Waals surface area (Å²) in [6.07, 6.45) is 5.52. The molecule has 0 heterocycles. The summed E-state index contributed by atoms with van der Waals surface area (Å²) >= 11 is 0. The molecule has 254 valence electrons. The highest BCUT2D eigenvalue weighted by Gasteiger charge is 2.23. The molecule has 0 aliphatic heterocycles. The Morgan fingerprint density at radius 1 is 0.822 bits per heavy atom. The van der Waals surface area contributed by atoms with E-state index in [-0.39, 0.29) is 18.7 Å². The fraction of sp³-hybridized carbons (Fsp3) is 0.645. The molecule has 0 aliphatic rings. The minimum atomic E-state index is -1.03. The van der Waals surface area contributed by atoms with E-state index in [1.165, 1.54) is 7.11 Å². The molecule has 2 atom stereocenters. The number of nitrogens with one attached hydrogen (secondary N) is 5. The highest BCUT2D eigenvalue weighted by Crippen LogP contribution is 2.17. The second-order valence-electron chi connectivity index (χ2n) is 10.9. The molecule has 0 bridgehead atoms. The van der Waals surface area contributed by atoms with E-state index in [1.807, 2.05) is 0 Å². The molecular weight excluding hydrogens is 578 g/mol. The maximum atomic E-state index is 12.6. The Bertz CT molecular complexity index is 1050. The van der Waals surface area contributed by atoms with Crippen molar-refractivity contribution in [2.75, 3.05) is 52.9 Å². The summed E-state index contributed by atoms with van der Waals surface area (Å²) in [6, 6.07) is 5.56. The van der Waals surface area contributed by atoms with E-state index in [4.69, 9.17) is 21.9 Å². The third-order valence-corrected chi connectivity index (χ3v) is 6.84. The third-order valence-electron chi connectivity index (χ3n) is 6.84. The van der Waals surface area contributed by atoms with Gasteiger partial charge in [0.15, 0.2) is 0 Å². The predicted molar refractivity (Wildman–Crippen MR) is 177 cm³/mol. The Morgan fingerprint density at radius 3 is 2.09 bits per heavy atom. The number of aliphatic imine (C=N–C) groups is 1. The molecule has 0 saturated heterocycles. The molecule has 0 aliphatic carbocycles. The van der Waals surface area contributed by atoms with Crippen molar-refractivity contribution >= 4 is 29.5 Å². The van der Waals surface area contributed by atoms with Gasteiger partial charge in [0.05, 0.1) is 31.8 Å². The number of primary amides is 1. The lowest BCUT2D eigenvalue weighted by Crippen LogP contribution is -2.49. The maximum Gasteiger partial charge on any atom is 0.243 e. The lowest BCUT2D eigenvalue weighted by molar-refractivity contribution is -0.131. The van der Waals surface area contributed by atoms with Gasteiger partial charge in [0.2, 0.25) is 23.6 Å². The first-order chi connectivity index (χ1) is 21.6. The second-order valence-corrected chi connectivity index (χ2v) is 10.9. The van der Waals surface area contributed by atoms with Crippen molar-refractivity contribution in [2.24, 2.45) is 22.2 Å². The van der Waals surface area contributed by atoms with Crippen molar-refractivity contribution in [2.45, 2.75) is 76.8 Å². The average Bonchev–Trinajstić information content (AvgIpc) is 3.00. The topological polar surface area (TPSA) is 228 Å². The van der Waals surface area contributed by atoms with Crippen LogP contribution in [0.4, 0.5) is 0 Å². The first kappa shape index (κ1) is 39.3. The number of hydrogen-bond donors (Lipinski definition) is 8. The van der Waals surface area contributed by atoms with Crippen molar-refractivity contribution in [1.29, 1.82) is 0 Å². The van der Waals surface area contributed by atoms with Crippen LogP contribution < -0.4 is 48.5 Å². The van der Waals surface area contributed by atoms with Crippen LogP contribution in [-0.4, -0.2) is 94.5 Å². The van der Waals surface area contributed by atoms with Crippen LogP contribution in [-0.2, 0) is 25.6 Å². The van der Waals surface area contributed by atoms with Crippen LogP contribution in [0.25, 0.3) is 0 Å².